The highest BCUT2D eigenvalue weighted by Gasteiger charge is 2.20. The van der Waals surface area contributed by atoms with Gasteiger partial charge in [0.25, 0.3) is 5.91 Å². The fraction of sp³-hybridized carbons (Fsp3) is 0.278. The van der Waals surface area contributed by atoms with E-state index in [9.17, 15) is 14.0 Å². The number of hydrogen-bond donors (Lipinski definition) is 2. The summed E-state index contributed by atoms with van der Waals surface area (Å²) in [5.74, 6) is -1.02. The van der Waals surface area contributed by atoms with Gasteiger partial charge in [-0.3, -0.25) is 4.79 Å². The van der Waals surface area contributed by atoms with Gasteiger partial charge >= 0.3 is 5.97 Å². The molecular formula is C18H18FN3O4. The van der Waals surface area contributed by atoms with Crippen LogP contribution < -0.4 is 5.32 Å². The number of carbonyl (C=O) groups excluding carboxylic acids is 1. The summed E-state index contributed by atoms with van der Waals surface area (Å²) in [5, 5.41) is 11.8. The van der Waals surface area contributed by atoms with Crippen molar-refractivity contribution in [2.75, 3.05) is 6.54 Å². The molecule has 2 heterocycles. The van der Waals surface area contributed by atoms with Gasteiger partial charge in [0, 0.05) is 32.5 Å². The fourth-order valence-corrected chi connectivity index (χ4v) is 2.80. The maximum atomic E-state index is 13.3. The SMILES string of the molecule is CCc1oc(C(=O)NCCc2nc3ccc(F)cc3n2C)cc1C(=O)O. The van der Waals surface area contributed by atoms with Gasteiger partial charge in [-0.2, -0.15) is 0 Å². The van der Waals surface area contributed by atoms with E-state index in [4.69, 9.17) is 9.52 Å². The first-order valence-corrected chi connectivity index (χ1v) is 8.15. The standard InChI is InChI=1S/C18H18FN3O4/c1-3-14-11(18(24)25)9-15(26-14)17(23)20-7-6-16-21-12-5-4-10(19)8-13(12)22(16)2/h4-5,8-9H,3,6-7H2,1-2H3,(H,20,23)(H,24,25). The van der Waals surface area contributed by atoms with E-state index in [1.807, 2.05) is 0 Å². The summed E-state index contributed by atoms with van der Waals surface area (Å²) in [5.41, 5.74) is 1.35. The molecule has 0 bridgehead atoms. The molecule has 0 radical (unpaired) electrons. The summed E-state index contributed by atoms with van der Waals surface area (Å²) >= 11 is 0. The number of aromatic nitrogens is 2. The summed E-state index contributed by atoms with van der Waals surface area (Å²) in [4.78, 5) is 27.7. The van der Waals surface area contributed by atoms with Gasteiger partial charge in [0.15, 0.2) is 5.76 Å². The minimum Gasteiger partial charge on any atom is -0.478 e. The van der Waals surface area contributed by atoms with Gasteiger partial charge < -0.3 is 19.4 Å². The zero-order valence-corrected chi connectivity index (χ0v) is 14.4. The quantitative estimate of drug-likeness (QED) is 0.705. The van der Waals surface area contributed by atoms with Crippen molar-refractivity contribution in [1.29, 1.82) is 0 Å². The number of imidazole rings is 1. The molecule has 1 aromatic carbocycles. The fourth-order valence-electron chi connectivity index (χ4n) is 2.80. The Morgan fingerprint density at radius 3 is 2.77 bits per heavy atom. The number of aryl methyl sites for hydroxylation is 2. The summed E-state index contributed by atoms with van der Waals surface area (Å²) in [6, 6.07) is 5.60. The molecule has 26 heavy (non-hydrogen) atoms. The van der Waals surface area contributed by atoms with Crippen molar-refractivity contribution in [3.05, 3.63) is 53.0 Å². The molecule has 0 fully saturated rings. The van der Waals surface area contributed by atoms with E-state index in [2.05, 4.69) is 10.3 Å². The second kappa shape index (κ2) is 6.99. The summed E-state index contributed by atoms with van der Waals surface area (Å²) in [6.45, 7) is 2.03. The number of carboxylic acid groups (broad SMARTS) is 1. The Hall–Kier alpha value is -3.16. The Balaban J connectivity index is 1.67. The predicted molar refractivity (Wildman–Crippen MR) is 91.8 cm³/mol. The average molecular weight is 359 g/mol. The number of carbonyl (C=O) groups is 2. The third-order valence-corrected chi connectivity index (χ3v) is 4.15. The number of carboxylic acids is 1. The van der Waals surface area contributed by atoms with E-state index in [1.165, 1.54) is 18.2 Å². The first-order chi connectivity index (χ1) is 12.4. The molecule has 0 saturated heterocycles. The van der Waals surface area contributed by atoms with E-state index >= 15 is 0 Å². The lowest BCUT2D eigenvalue weighted by Crippen LogP contribution is -2.26. The van der Waals surface area contributed by atoms with Crippen molar-refractivity contribution >= 4 is 22.9 Å². The van der Waals surface area contributed by atoms with Crippen LogP contribution in [0.3, 0.4) is 0 Å². The molecule has 136 valence electrons. The molecule has 8 heteroatoms. The molecular weight excluding hydrogens is 341 g/mol. The third-order valence-electron chi connectivity index (χ3n) is 4.15. The minimum absolute atomic E-state index is 0.00460. The van der Waals surface area contributed by atoms with Gasteiger partial charge in [-0.15, -0.1) is 0 Å². The van der Waals surface area contributed by atoms with Crippen molar-refractivity contribution in [2.45, 2.75) is 19.8 Å². The van der Waals surface area contributed by atoms with Gasteiger partial charge in [0.05, 0.1) is 11.0 Å². The Labute approximate surface area is 148 Å². The Kier molecular flexibility index (Phi) is 4.75. The van der Waals surface area contributed by atoms with Crippen molar-refractivity contribution < 1.29 is 23.5 Å². The van der Waals surface area contributed by atoms with Crippen LogP contribution in [0.5, 0.6) is 0 Å². The zero-order valence-electron chi connectivity index (χ0n) is 14.4. The van der Waals surface area contributed by atoms with Crippen LogP contribution in [-0.2, 0) is 19.9 Å². The number of amides is 1. The number of halogens is 1. The topological polar surface area (TPSA) is 97.4 Å². The number of benzene rings is 1. The highest BCUT2D eigenvalue weighted by Crippen LogP contribution is 2.18. The van der Waals surface area contributed by atoms with E-state index < -0.39 is 11.9 Å². The number of furan rings is 1. The minimum atomic E-state index is -1.13. The van der Waals surface area contributed by atoms with Crippen LogP contribution in [0.25, 0.3) is 11.0 Å². The molecule has 3 aromatic rings. The molecule has 7 nitrogen and oxygen atoms in total. The maximum Gasteiger partial charge on any atom is 0.339 e. The number of nitrogens with one attached hydrogen (secondary N) is 1. The van der Waals surface area contributed by atoms with Crippen molar-refractivity contribution in [3.8, 4) is 0 Å². The summed E-state index contributed by atoms with van der Waals surface area (Å²) < 4.78 is 20.4. The molecule has 2 aromatic heterocycles. The van der Waals surface area contributed by atoms with Crippen LogP contribution in [-0.4, -0.2) is 33.1 Å². The first-order valence-electron chi connectivity index (χ1n) is 8.15. The molecule has 0 aliphatic heterocycles. The van der Waals surface area contributed by atoms with E-state index in [-0.39, 0.29) is 29.4 Å². The van der Waals surface area contributed by atoms with Crippen molar-refractivity contribution in [3.63, 3.8) is 0 Å². The lowest BCUT2D eigenvalue weighted by atomic mass is 10.2. The monoisotopic (exact) mass is 359 g/mol. The number of aromatic carboxylic acids is 1. The lowest BCUT2D eigenvalue weighted by molar-refractivity contribution is 0.0694. The molecule has 2 N–H and O–H groups in total. The molecule has 0 saturated carbocycles. The van der Waals surface area contributed by atoms with Gasteiger partial charge in [0.1, 0.15) is 23.0 Å². The maximum absolute atomic E-state index is 13.3. The van der Waals surface area contributed by atoms with Gasteiger partial charge in [-0.1, -0.05) is 6.92 Å². The number of fused-ring (bicyclic) bond motifs is 1. The molecule has 0 unspecified atom stereocenters. The van der Waals surface area contributed by atoms with Gasteiger partial charge in [0.2, 0.25) is 0 Å². The van der Waals surface area contributed by atoms with Gasteiger partial charge in [-0.05, 0) is 18.2 Å². The van der Waals surface area contributed by atoms with E-state index in [0.29, 0.717) is 29.7 Å². The Morgan fingerprint density at radius 1 is 1.35 bits per heavy atom. The normalized spacial score (nSPS) is 11.0. The largest absolute Gasteiger partial charge is 0.478 e. The van der Waals surface area contributed by atoms with Crippen molar-refractivity contribution in [1.82, 2.24) is 14.9 Å². The molecule has 0 spiro atoms. The molecule has 1 amide bonds. The predicted octanol–water partition coefficient (Wildman–Crippen LogP) is 2.54. The van der Waals surface area contributed by atoms with Crippen LogP contribution in [0, 0.1) is 5.82 Å². The molecule has 3 rings (SSSR count). The highest BCUT2D eigenvalue weighted by molar-refractivity contribution is 5.96. The highest BCUT2D eigenvalue weighted by atomic mass is 19.1. The molecule has 0 aliphatic rings. The van der Waals surface area contributed by atoms with E-state index in [0.717, 1.165) is 0 Å². The number of hydrogen-bond acceptors (Lipinski definition) is 4. The molecule has 0 aliphatic carbocycles. The smallest absolute Gasteiger partial charge is 0.339 e. The second-order valence-corrected chi connectivity index (χ2v) is 5.83. The van der Waals surface area contributed by atoms with Crippen LogP contribution in [0.1, 0.15) is 39.4 Å². The summed E-state index contributed by atoms with van der Waals surface area (Å²) in [7, 11) is 1.78. The number of nitrogens with zero attached hydrogens (tertiary/aromatic N) is 2. The third kappa shape index (κ3) is 3.30. The van der Waals surface area contributed by atoms with Crippen LogP contribution >= 0.6 is 0 Å². The van der Waals surface area contributed by atoms with Crippen LogP contribution in [0.15, 0.2) is 28.7 Å². The average Bonchev–Trinajstić information content (AvgIpc) is 3.17. The first kappa shape index (κ1) is 17.7. The van der Waals surface area contributed by atoms with Crippen LogP contribution in [0.2, 0.25) is 0 Å². The lowest BCUT2D eigenvalue weighted by Gasteiger charge is -2.04. The Bertz CT molecular complexity index is 990. The zero-order chi connectivity index (χ0) is 18.8. The second-order valence-electron chi connectivity index (χ2n) is 5.83. The molecule has 0 atom stereocenters. The van der Waals surface area contributed by atoms with Gasteiger partial charge in [-0.25, -0.2) is 14.2 Å². The van der Waals surface area contributed by atoms with Crippen molar-refractivity contribution in [2.24, 2.45) is 7.05 Å². The summed E-state index contributed by atoms with van der Waals surface area (Å²) in [6.07, 6.45) is 0.816. The Morgan fingerprint density at radius 2 is 2.12 bits per heavy atom. The van der Waals surface area contributed by atoms with Crippen LogP contribution in [0.4, 0.5) is 4.39 Å². The number of rotatable bonds is 6. The van der Waals surface area contributed by atoms with E-state index in [1.54, 1.807) is 24.6 Å².